The van der Waals surface area contributed by atoms with Crippen molar-refractivity contribution >= 4 is 11.5 Å². The largest absolute Gasteiger partial charge is 0.387 e. The third kappa shape index (κ3) is 2.59. The standard InChI is InChI=1S/C12H18N4O2/c1-14(2)10-5-8-15(9-6-10)11-4-3-7-13-12(11)16(17)18/h3-4,7,10H,5-6,8-9H2,1-2H3. The molecule has 2 heterocycles. The van der Waals surface area contributed by atoms with Crippen LogP contribution < -0.4 is 4.90 Å². The fourth-order valence-corrected chi connectivity index (χ4v) is 2.40. The summed E-state index contributed by atoms with van der Waals surface area (Å²) in [6, 6.07) is 4.10. The molecule has 6 nitrogen and oxygen atoms in total. The number of hydrogen-bond acceptors (Lipinski definition) is 5. The topological polar surface area (TPSA) is 62.5 Å². The summed E-state index contributed by atoms with van der Waals surface area (Å²) in [5, 5.41) is 10.9. The van der Waals surface area contributed by atoms with Crippen LogP contribution in [0.3, 0.4) is 0 Å². The third-order valence-electron chi connectivity index (χ3n) is 3.47. The van der Waals surface area contributed by atoms with Crippen LogP contribution >= 0.6 is 0 Å². The van der Waals surface area contributed by atoms with Gasteiger partial charge >= 0.3 is 5.82 Å². The number of nitrogens with zero attached hydrogens (tertiary/aromatic N) is 4. The van der Waals surface area contributed by atoms with Crippen LogP contribution in [0, 0.1) is 10.1 Å². The van der Waals surface area contributed by atoms with E-state index in [1.807, 2.05) is 0 Å². The fourth-order valence-electron chi connectivity index (χ4n) is 2.40. The van der Waals surface area contributed by atoms with Gasteiger partial charge in [0.05, 0.1) is 0 Å². The van der Waals surface area contributed by atoms with Gasteiger partial charge in [-0.1, -0.05) is 0 Å². The number of hydrogen-bond donors (Lipinski definition) is 0. The molecule has 6 heteroatoms. The van der Waals surface area contributed by atoms with E-state index in [0.29, 0.717) is 11.7 Å². The van der Waals surface area contributed by atoms with Crippen molar-refractivity contribution in [1.29, 1.82) is 0 Å². The number of pyridine rings is 1. The van der Waals surface area contributed by atoms with Gasteiger partial charge in [0.25, 0.3) is 0 Å². The first-order valence-corrected chi connectivity index (χ1v) is 6.10. The average molecular weight is 250 g/mol. The molecule has 2 rings (SSSR count). The van der Waals surface area contributed by atoms with E-state index in [2.05, 4.69) is 28.9 Å². The molecular weight excluding hydrogens is 232 g/mol. The zero-order valence-electron chi connectivity index (χ0n) is 10.7. The lowest BCUT2D eigenvalue weighted by Gasteiger charge is -2.35. The van der Waals surface area contributed by atoms with Gasteiger partial charge in [0.15, 0.2) is 0 Å². The minimum atomic E-state index is -0.409. The maximum atomic E-state index is 10.9. The van der Waals surface area contributed by atoms with Crippen molar-refractivity contribution in [2.45, 2.75) is 18.9 Å². The predicted molar refractivity (Wildman–Crippen MR) is 69.8 cm³/mol. The van der Waals surface area contributed by atoms with E-state index >= 15 is 0 Å². The lowest BCUT2D eigenvalue weighted by Crippen LogP contribution is -2.42. The molecule has 1 aliphatic rings. The van der Waals surface area contributed by atoms with Crippen molar-refractivity contribution < 1.29 is 4.92 Å². The number of anilines is 1. The highest BCUT2D eigenvalue weighted by Crippen LogP contribution is 2.28. The van der Waals surface area contributed by atoms with Crippen LogP contribution in [0.25, 0.3) is 0 Å². The summed E-state index contributed by atoms with van der Waals surface area (Å²) in [6.07, 6.45) is 3.52. The summed E-state index contributed by atoms with van der Waals surface area (Å²) < 4.78 is 0. The highest BCUT2D eigenvalue weighted by atomic mass is 16.6. The van der Waals surface area contributed by atoms with Gasteiger partial charge in [0, 0.05) is 19.1 Å². The van der Waals surface area contributed by atoms with Gasteiger partial charge in [0.1, 0.15) is 11.9 Å². The summed E-state index contributed by atoms with van der Waals surface area (Å²) in [6.45, 7) is 1.69. The summed E-state index contributed by atoms with van der Waals surface area (Å²) in [4.78, 5) is 18.7. The first kappa shape index (κ1) is 12.8. The normalized spacial score (nSPS) is 17.2. The molecule has 0 aliphatic carbocycles. The Balaban J connectivity index is 2.12. The van der Waals surface area contributed by atoms with Crippen molar-refractivity contribution in [2.75, 3.05) is 32.1 Å². The number of aromatic nitrogens is 1. The van der Waals surface area contributed by atoms with Crippen molar-refractivity contribution in [3.63, 3.8) is 0 Å². The second kappa shape index (κ2) is 5.30. The number of rotatable bonds is 3. The van der Waals surface area contributed by atoms with Crippen molar-refractivity contribution in [2.24, 2.45) is 0 Å². The molecule has 0 atom stereocenters. The number of nitro groups is 1. The smallest absolute Gasteiger partial charge is 0.365 e. The molecule has 0 spiro atoms. The Kier molecular flexibility index (Phi) is 3.76. The van der Waals surface area contributed by atoms with Crippen LogP contribution in [0.5, 0.6) is 0 Å². The molecule has 0 N–H and O–H groups in total. The van der Waals surface area contributed by atoms with E-state index in [4.69, 9.17) is 0 Å². The lowest BCUT2D eigenvalue weighted by atomic mass is 10.0. The maximum Gasteiger partial charge on any atom is 0.387 e. The molecule has 0 amide bonds. The van der Waals surface area contributed by atoms with Gasteiger partial charge in [-0.15, -0.1) is 0 Å². The molecule has 0 radical (unpaired) electrons. The van der Waals surface area contributed by atoms with Crippen LogP contribution in [-0.2, 0) is 0 Å². The summed E-state index contributed by atoms with van der Waals surface area (Å²) in [7, 11) is 4.15. The van der Waals surface area contributed by atoms with Crippen LogP contribution in [0.1, 0.15) is 12.8 Å². The fraction of sp³-hybridized carbons (Fsp3) is 0.583. The monoisotopic (exact) mass is 250 g/mol. The van der Waals surface area contributed by atoms with Gasteiger partial charge < -0.3 is 19.9 Å². The molecule has 1 aromatic rings. The van der Waals surface area contributed by atoms with Gasteiger partial charge in [-0.25, -0.2) is 0 Å². The Morgan fingerprint density at radius 2 is 2.11 bits per heavy atom. The zero-order chi connectivity index (χ0) is 13.1. The minimum Gasteiger partial charge on any atom is -0.365 e. The highest BCUT2D eigenvalue weighted by molar-refractivity contribution is 5.59. The second-order valence-electron chi connectivity index (χ2n) is 4.79. The van der Waals surface area contributed by atoms with E-state index in [9.17, 15) is 10.1 Å². The summed E-state index contributed by atoms with van der Waals surface area (Å²) in [5.74, 6) is -0.0409. The second-order valence-corrected chi connectivity index (χ2v) is 4.79. The van der Waals surface area contributed by atoms with E-state index < -0.39 is 4.92 Å². The van der Waals surface area contributed by atoms with Crippen molar-refractivity contribution in [3.8, 4) is 0 Å². The molecule has 18 heavy (non-hydrogen) atoms. The Hall–Kier alpha value is -1.69. The van der Waals surface area contributed by atoms with Crippen LogP contribution in [0.2, 0.25) is 0 Å². The number of piperidine rings is 1. The molecule has 1 aliphatic heterocycles. The molecule has 0 saturated carbocycles. The van der Waals surface area contributed by atoms with Gasteiger partial charge in [-0.05, 0) is 49.0 Å². The Morgan fingerprint density at radius 1 is 1.44 bits per heavy atom. The molecule has 0 bridgehead atoms. The first-order chi connectivity index (χ1) is 8.59. The van der Waals surface area contributed by atoms with Gasteiger partial charge in [0.2, 0.25) is 0 Å². The predicted octanol–water partition coefficient (Wildman–Crippen LogP) is 1.52. The average Bonchev–Trinajstić information content (AvgIpc) is 2.39. The summed E-state index contributed by atoms with van der Waals surface area (Å²) in [5.41, 5.74) is 0.639. The molecule has 1 saturated heterocycles. The van der Waals surface area contributed by atoms with Crippen molar-refractivity contribution in [1.82, 2.24) is 9.88 Å². The van der Waals surface area contributed by atoms with E-state index in [1.54, 1.807) is 12.1 Å². The molecule has 1 aromatic heterocycles. The highest BCUT2D eigenvalue weighted by Gasteiger charge is 2.25. The molecular formula is C12H18N4O2. The van der Waals surface area contributed by atoms with Gasteiger partial charge in [-0.3, -0.25) is 0 Å². The maximum absolute atomic E-state index is 10.9. The van der Waals surface area contributed by atoms with Crippen molar-refractivity contribution in [3.05, 3.63) is 28.4 Å². The van der Waals surface area contributed by atoms with E-state index in [-0.39, 0.29) is 5.82 Å². The van der Waals surface area contributed by atoms with Crippen LogP contribution in [-0.4, -0.2) is 48.0 Å². The summed E-state index contributed by atoms with van der Waals surface area (Å²) >= 11 is 0. The molecule has 98 valence electrons. The molecule has 0 unspecified atom stereocenters. The lowest BCUT2D eigenvalue weighted by molar-refractivity contribution is -0.388. The SMILES string of the molecule is CN(C)C1CCN(c2cccnc2[N+](=O)[O-])CC1. The first-order valence-electron chi connectivity index (χ1n) is 6.10. The minimum absolute atomic E-state index is 0.0409. The van der Waals surface area contributed by atoms with Gasteiger partial charge in [-0.2, -0.15) is 0 Å². The van der Waals surface area contributed by atoms with Crippen LogP contribution in [0.15, 0.2) is 18.3 Å². The molecule has 0 aromatic carbocycles. The Bertz CT molecular complexity index is 428. The third-order valence-corrected chi connectivity index (χ3v) is 3.47. The Labute approximate surface area is 106 Å². The quantitative estimate of drug-likeness (QED) is 0.601. The zero-order valence-corrected chi connectivity index (χ0v) is 10.7. The van der Waals surface area contributed by atoms with E-state index in [1.165, 1.54) is 6.20 Å². The molecule has 1 fully saturated rings. The van der Waals surface area contributed by atoms with Crippen LogP contribution in [0.4, 0.5) is 11.5 Å². The Morgan fingerprint density at radius 3 is 2.67 bits per heavy atom. The van der Waals surface area contributed by atoms with E-state index in [0.717, 1.165) is 25.9 Å².